The molecule has 168 valence electrons. The zero-order chi connectivity index (χ0) is 22.7. The molecule has 8 heteroatoms. The van der Waals surface area contributed by atoms with Crippen LogP contribution in [0, 0.1) is 0 Å². The van der Waals surface area contributed by atoms with Crippen molar-refractivity contribution in [3.8, 4) is 0 Å². The van der Waals surface area contributed by atoms with Gasteiger partial charge in [-0.2, -0.15) is 13.2 Å². The number of anilines is 1. The molecule has 3 aromatic rings. The minimum absolute atomic E-state index is 0.0713. The number of halogens is 4. The minimum Gasteiger partial charge on any atom is -0.382 e. The van der Waals surface area contributed by atoms with E-state index in [0.717, 1.165) is 54.4 Å². The van der Waals surface area contributed by atoms with E-state index in [0.29, 0.717) is 16.6 Å². The highest BCUT2D eigenvalue weighted by atomic mass is 35.5. The summed E-state index contributed by atoms with van der Waals surface area (Å²) in [4.78, 5) is 16.7. The Morgan fingerprint density at radius 3 is 2.38 bits per heavy atom. The third-order valence-electron chi connectivity index (χ3n) is 5.80. The maximum Gasteiger partial charge on any atom is 0.416 e. The molecule has 1 heterocycles. The second kappa shape index (κ2) is 9.36. The number of rotatable bonds is 5. The van der Waals surface area contributed by atoms with Crippen LogP contribution in [0.2, 0.25) is 5.02 Å². The van der Waals surface area contributed by atoms with E-state index in [1.165, 1.54) is 12.1 Å². The fourth-order valence-corrected chi connectivity index (χ4v) is 4.29. The molecule has 0 spiro atoms. The number of carbonyl (C=O) groups is 1. The first kappa shape index (κ1) is 22.4. The normalized spacial score (nSPS) is 19.0. The van der Waals surface area contributed by atoms with Crippen LogP contribution in [0.1, 0.15) is 36.8 Å². The first-order valence-electron chi connectivity index (χ1n) is 10.5. The standard InChI is InChI=1S/C24H23ClF3N3O/c25-17-5-10-20-21(11-12-29-22(20)14-17)30-18-6-8-19(9-7-18)31-23(32)13-15-1-3-16(4-2-15)24(26,27)28/h1-5,10-12,14,18-19H,6-9,13H2,(H,29,30)(H,31,32)/t18-,19+. The molecule has 0 radical (unpaired) electrons. The summed E-state index contributed by atoms with van der Waals surface area (Å²) < 4.78 is 38.0. The Hall–Kier alpha value is -2.80. The maximum absolute atomic E-state index is 12.7. The van der Waals surface area contributed by atoms with Crippen LogP contribution in [-0.4, -0.2) is 23.0 Å². The summed E-state index contributed by atoms with van der Waals surface area (Å²) in [5, 5.41) is 8.27. The smallest absolute Gasteiger partial charge is 0.382 e. The van der Waals surface area contributed by atoms with Crippen molar-refractivity contribution in [1.29, 1.82) is 0 Å². The van der Waals surface area contributed by atoms with Crippen LogP contribution < -0.4 is 10.6 Å². The summed E-state index contributed by atoms with van der Waals surface area (Å²) in [7, 11) is 0. The van der Waals surface area contributed by atoms with Gasteiger partial charge in [-0.25, -0.2) is 0 Å². The zero-order valence-corrected chi connectivity index (χ0v) is 18.0. The molecular formula is C24H23ClF3N3O. The van der Waals surface area contributed by atoms with Gasteiger partial charge in [-0.05, 0) is 67.6 Å². The van der Waals surface area contributed by atoms with E-state index in [4.69, 9.17) is 11.6 Å². The zero-order valence-electron chi connectivity index (χ0n) is 17.3. The summed E-state index contributed by atoms with van der Waals surface area (Å²) >= 11 is 6.06. The van der Waals surface area contributed by atoms with Crippen molar-refractivity contribution in [3.63, 3.8) is 0 Å². The Morgan fingerprint density at radius 1 is 1.00 bits per heavy atom. The summed E-state index contributed by atoms with van der Waals surface area (Å²) in [6, 6.07) is 12.7. The van der Waals surface area contributed by atoms with Crippen molar-refractivity contribution in [2.45, 2.75) is 50.4 Å². The maximum atomic E-state index is 12.7. The molecule has 2 N–H and O–H groups in total. The molecule has 1 aliphatic rings. The van der Waals surface area contributed by atoms with Gasteiger partial charge < -0.3 is 10.6 Å². The number of amides is 1. The van der Waals surface area contributed by atoms with Gasteiger partial charge in [-0.3, -0.25) is 9.78 Å². The number of fused-ring (bicyclic) bond motifs is 1. The molecule has 32 heavy (non-hydrogen) atoms. The second-order valence-electron chi connectivity index (χ2n) is 8.15. The molecule has 1 aliphatic carbocycles. The van der Waals surface area contributed by atoms with Crippen LogP contribution in [0.4, 0.5) is 18.9 Å². The summed E-state index contributed by atoms with van der Waals surface area (Å²) in [5.74, 6) is -0.168. The van der Waals surface area contributed by atoms with Gasteiger partial charge >= 0.3 is 6.18 Å². The van der Waals surface area contributed by atoms with Crippen LogP contribution in [0.25, 0.3) is 10.9 Å². The number of benzene rings is 2. The first-order valence-corrected chi connectivity index (χ1v) is 10.9. The van der Waals surface area contributed by atoms with Gasteiger partial charge in [0.25, 0.3) is 0 Å². The van der Waals surface area contributed by atoms with Crippen LogP contribution in [-0.2, 0) is 17.4 Å². The van der Waals surface area contributed by atoms with E-state index in [9.17, 15) is 18.0 Å². The highest BCUT2D eigenvalue weighted by Gasteiger charge is 2.30. The van der Waals surface area contributed by atoms with E-state index in [-0.39, 0.29) is 18.4 Å². The Labute approximate surface area is 189 Å². The average molecular weight is 462 g/mol. The van der Waals surface area contributed by atoms with E-state index in [1.807, 2.05) is 24.3 Å². The molecule has 1 saturated carbocycles. The van der Waals surface area contributed by atoms with Crippen molar-refractivity contribution in [1.82, 2.24) is 10.3 Å². The molecule has 0 atom stereocenters. The quantitative estimate of drug-likeness (QED) is 0.490. The molecule has 4 rings (SSSR count). The van der Waals surface area contributed by atoms with Crippen LogP contribution in [0.5, 0.6) is 0 Å². The van der Waals surface area contributed by atoms with Gasteiger partial charge in [-0.1, -0.05) is 23.7 Å². The van der Waals surface area contributed by atoms with Gasteiger partial charge in [-0.15, -0.1) is 0 Å². The number of alkyl halides is 3. The summed E-state index contributed by atoms with van der Waals surface area (Å²) in [6.45, 7) is 0. The van der Waals surface area contributed by atoms with Crippen molar-refractivity contribution in [2.75, 3.05) is 5.32 Å². The van der Waals surface area contributed by atoms with Gasteiger partial charge in [0.05, 0.1) is 17.5 Å². The first-order chi connectivity index (χ1) is 15.3. The lowest BCUT2D eigenvalue weighted by atomic mass is 9.90. The Kier molecular flexibility index (Phi) is 6.55. The third kappa shape index (κ3) is 5.51. The van der Waals surface area contributed by atoms with Crippen LogP contribution in [0.3, 0.4) is 0 Å². The lowest BCUT2D eigenvalue weighted by Gasteiger charge is -2.30. The van der Waals surface area contributed by atoms with Crippen LogP contribution >= 0.6 is 11.6 Å². The van der Waals surface area contributed by atoms with E-state index >= 15 is 0 Å². The highest BCUT2D eigenvalue weighted by Crippen LogP contribution is 2.30. The fourth-order valence-electron chi connectivity index (χ4n) is 4.12. The van der Waals surface area contributed by atoms with E-state index in [2.05, 4.69) is 15.6 Å². The molecule has 0 unspecified atom stereocenters. The van der Waals surface area contributed by atoms with Gasteiger partial charge in [0.15, 0.2) is 0 Å². The van der Waals surface area contributed by atoms with Gasteiger partial charge in [0.2, 0.25) is 5.91 Å². The molecular weight excluding hydrogens is 439 g/mol. The largest absolute Gasteiger partial charge is 0.416 e. The predicted molar refractivity (Wildman–Crippen MR) is 120 cm³/mol. The molecule has 4 nitrogen and oxygen atoms in total. The fraction of sp³-hybridized carbons (Fsp3) is 0.333. The third-order valence-corrected chi connectivity index (χ3v) is 6.04. The molecule has 0 aliphatic heterocycles. The Balaban J connectivity index is 1.27. The molecule has 1 fully saturated rings. The SMILES string of the molecule is O=C(Cc1ccc(C(F)(F)F)cc1)N[C@H]1CC[C@@H](Nc2ccnc3cc(Cl)ccc23)CC1. The number of aromatic nitrogens is 1. The number of hydrogen-bond acceptors (Lipinski definition) is 3. The van der Waals surface area contributed by atoms with Gasteiger partial charge in [0.1, 0.15) is 0 Å². The van der Waals surface area contributed by atoms with Crippen molar-refractivity contribution < 1.29 is 18.0 Å². The highest BCUT2D eigenvalue weighted by molar-refractivity contribution is 6.31. The number of nitrogens with zero attached hydrogens (tertiary/aromatic N) is 1. The molecule has 1 aromatic heterocycles. The topological polar surface area (TPSA) is 54.0 Å². The van der Waals surface area contributed by atoms with E-state index < -0.39 is 11.7 Å². The predicted octanol–water partition coefficient (Wildman–Crippen LogP) is 5.99. The molecule has 1 amide bonds. The molecule has 0 saturated heterocycles. The van der Waals surface area contributed by atoms with Crippen molar-refractivity contribution in [3.05, 3.63) is 70.9 Å². The summed E-state index contributed by atoms with van der Waals surface area (Å²) in [6.07, 6.45) is 0.945. The van der Waals surface area contributed by atoms with Crippen molar-refractivity contribution >= 4 is 34.1 Å². The lowest BCUT2D eigenvalue weighted by molar-refractivity contribution is -0.137. The number of nitrogens with one attached hydrogen (secondary N) is 2. The van der Waals surface area contributed by atoms with Gasteiger partial charge in [0, 0.05) is 34.4 Å². The Bertz CT molecular complexity index is 1090. The molecule has 0 bridgehead atoms. The number of pyridine rings is 1. The van der Waals surface area contributed by atoms with E-state index in [1.54, 1.807) is 6.20 Å². The van der Waals surface area contributed by atoms with Crippen molar-refractivity contribution in [2.24, 2.45) is 0 Å². The Morgan fingerprint density at radius 2 is 1.69 bits per heavy atom. The average Bonchev–Trinajstić information content (AvgIpc) is 2.75. The lowest BCUT2D eigenvalue weighted by Crippen LogP contribution is -2.40. The monoisotopic (exact) mass is 461 g/mol. The second-order valence-corrected chi connectivity index (χ2v) is 8.59. The van der Waals surface area contributed by atoms with Crippen LogP contribution in [0.15, 0.2) is 54.7 Å². The number of hydrogen-bond donors (Lipinski definition) is 2. The minimum atomic E-state index is -4.37. The summed E-state index contributed by atoms with van der Waals surface area (Å²) in [5.41, 5.74) is 1.71. The molecule has 2 aromatic carbocycles. The number of carbonyl (C=O) groups excluding carboxylic acids is 1.